The Bertz CT molecular complexity index is 894. The Morgan fingerprint density at radius 1 is 1.19 bits per heavy atom. The fourth-order valence-electron chi connectivity index (χ4n) is 4.04. The largest absolute Gasteiger partial charge is 0.497 e. The molecule has 4 rings (SSSR count). The van der Waals surface area contributed by atoms with Crippen molar-refractivity contribution in [1.82, 2.24) is 0 Å². The number of anilines is 1. The third-order valence-corrected chi connectivity index (χ3v) is 5.43. The summed E-state index contributed by atoms with van der Waals surface area (Å²) in [6.45, 7) is 7.48. The number of ether oxygens (including phenoxy) is 2. The smallest absolute Gasteiger partial charge is 0.132 e. The highest BCUT2D eigenvalue weighted by atomic mass is 16.5. The number of hydrogen-bond donors (Lipinski definition) is 1. The summed E-state index contributed by atoms with van der Waals surface area (Å²) >= 11 is 0. The summed E-state index contributed by atoms with van der Waals surface area (Å²) in [4.78, 5) is 0. The number of nitrogens with one attached hydrogen (secondary N) is 1. The lowest BCUT2D eigenvalue weighted by molar-refractivity contribution is 0.316. The molecule has 1 N–H and O–H groups in total. The average Bonchev–Trinajstić information content (AvgIpc) is 2.94. The van der Waals surface area contributed by atoms with E-state index in [-0.39, 0.29) is 0 Å². The van der Waals surface area contributed by atoms with E-state index >= 15 is 0 Å². The number of hydrogen-bond acceptors (Lipinski definition) is 3. The molecule has 2 aliphatic rings. The Balaban J connectivity index is 1.81. The molecule has 2 aromatic rings. The maximum Gasteiger partial charge on any atom is 0.132 e. The fourth-order valence-corrected chi connectivity index (χ4v) is 4.04. The van der Waals surface area contributed by atoms with E-state index in [9.17, 15) is 0 Å². The van der Waals surface area contributed by atoms with Crippen LogP contribution in [0.3, 0.4) is 0 Å². The molecule has 2 heterocycles. The minimum atomic E-state index is 0.779. The van der Waals surface area contributed by atoms with E-state index < -0.39 is 0 Å². The molecular weight excluding hydrogens is 334 g/mol. The van der Waals surface area contributed by atoms with Gasteiger partial charge in [-0.2, -0.15) is 0 Å². The Labute approximate surface area is 161 Å². The predicted molar refractivity (Wildman–Crippen MR) is 112 cm³/mol. The lowest BCUT2D eigenvalue weighted by Gasteiger charge is -2.27. The topological polar surface area (TPSA) is 30.5 Å². The van der Waals surface area contributed by atoms with Gasteiger partial charge in [-0.3, -0.25) is 0 Å². The minimum absolute atomic E-state index is 0.779. The molecule has 0 bridgehead atoms. The third kappa shape index (κ3) is 3.23. The molecule has 3 nitrogen and oxygen atoms in total. The first-order chi connectivity index (χ1) is 13.2. The van der Waals surface area contributed by atoms with Gasteiger partial charge in [0, 0.05) is 17.3 Å². The second kappa shape index (κ2) is 7.51. The van der Waals surface area contributed by atoms with Crippen molar-refractivity contribution in [1.29, 1.82) is 0 Å². The van der Waals surface area contributed by atoms with Crippen LogP contribution in [0, 0.1) is 0 Å². The second-order valence-corrected chi connectivity index (χ2v) is 7.24. The summed E-state index contributed by atoms with van der Waals surface area (Å²) < 4.78 is 11.5. The second-order valence-electron chi connectivity index (χ2n) is 7.24. The van der Waals surface area contributed by atoms with E-state index in [1.165, 1.54) is 23.2 Å². The maximum absolute atomic E-state index is 6.22. The first-order valence-electron chi connectivity index (χ1n) is 9.85. The van der Waals surface area contributed by atoms with Crippen LogP contribution in [0.1, 0.15) is 48.4 Å². The van der Waals surface area contributed by atoms with Gasteiger partial charge >= 0.3 is 0 Å². The molecule has 0 saturated carbocycles. The van der Waals surface area contributed by atoms with Crippen LogP contribution >= 0.6 is 0 Å². The molecule has 3 heteroatoms. The van der Waals surface area contributed by atoms with E-state index in [1.54, 1.807) is 7.11 Å². The monoisotopic (exact) mass is 361 g/mol. The quantitative estimate of drug-likeness (QED) is 0.742. The highest BCUT2D eigenvalue weighted by Gasteiger charge is 2.26. The number of rotatable bonds is 4. The standard InChI is InChI=1S/C24H27NO2/c1-4-7-18-14-19-8-5-6-13-27-24(19)22-16(2)21(15-25-23(18)22)17-9-11-20(26-3)12-10-17/h9-12,14-15,25H,2,4-8,13H2,1,3H3. The fraction of sp³-hybridized carbons (Fsp3) is 0.333. The van der Waals surface area contributed by atoms with Gasteiger partial charge < -0.3 is 14.8 Å². The third-order valence-electron chi connectivity index (χ3n) is 5.43. The van der Waals surface area contributed by atoms with Gasteiger partial charge in [0.05, 0.1) is 19.4 Å². The molecule has 0 unspecified atom stereocenters. The SMILES string of the molecule is C=C1C(c2ccc(OC)cc2)=CNc2c(CCC)cc3c(c21)OCCCC3. The number of benzene rings is 2. The van der Waals surface area contributed by atoms with Crippen LogP contribution in [-0.4, -0.2) is 13.7 Å². The predicted octanol–water partition coefficient (Wildman–Crippen LogP) is 5.84. The summed E-state index contributed by atoms with van der Waals surface area (Å²) in [7, 11) is 1.69. The first-order valence-corrected chi connectivity index (χ1v) is 9.85. The molecule has 140 valence electrons. The Morgan fingerprint density at radius 3 is 2.74 bits per heavy atom. The zero-order valence-electron chi connectivity index (χ0n) is 16.2. The van der Waals surface area contributed by atoms with Crippen LogP contribution in [0.25, 0.3) is 11.1 Å². The lowest BCUT2D eigenvalue weighted by Crippen LogP contribution is -2.11. The molecule has 0 amide bonds. The zero-order valence-corrected chi connectivity index (χ0v) is 16.2. The van der Waals surface area contributed by atoms with Crippen LogP contribution in [0.5, 0.6) is 11.5 Å². The number of allylic oxidation sites excluding steroid dienone is 2. The van der Waals surface area contributed by atoms with Crippen molar-refractivity contribution in [2.24, 2.45) is 0 Å². The maximum atomic E-state index is 6.22. The number of methoxy groups -OCH3 is 1. The minimum Gasteiger partial charge on any atom is -0.497 e. The number of aryl methyl sites for hydroxylation is 2. The van der Waals surface area contributed by atoms with Crippen molar-refractivity contribution < 1.29 is 9.47 Å². The highest BCUT2D eigenvalue weighted by molar-refractivity contribution is 6.11. The summed E-state index contributed by atoms with van der Waals surface area (Å²) in [5, 5.41) is 3.56. The van der Waals surface area contributed by atoms with Crippen molar-refractivity contribution in [3.8, 4) is 11.5 Å². The van der Waals surface area contributed by atoms with E-state index in [2.05, 4.69) is 43.2 Å². The van der Waals surface area contributed by atoms with Crippen molar-refractivity contribution in [2.75, 3.05) is 19.0 Å². The molecular formula is C24H27NO2. The van der Waals surface area contributed by atoms with Gasteiger partial charge in [0.15, 0.2) is 0 Å². The molecule has 0 spiro atoms. The first kappa shape index (κ1) is 17.7. The van der Waals surface area contributed by atoms with Crippen molar-refractivity contribution in [3.05, 3.63) is 65.4 Å². The normalized spacial score (nSPS) is 15.6. The van der Waals surface area contributed by atoms with Gasteiger partial charge in [-0.25, -0.2) is 0 Å². The van der Waals surface area contributed by atoms with E-state index in [0.717, 1.165) is 66.1 Å². The Morgan fingerprint density at radius 2 is 2.00 bits per heavy atom. The van der Waals surface area contributed by atoms with Gasteiger partial charge in [-0.1, -0.05) is 38.1 Å². The lowest BCUT2D eigenvalue weighted by atomic mass is 9.86. The summed E-state index contributed by atoms with van der Waals surface area (Å²) in [6, 6.07) is 10.5. The molecule has 27 heavy (non-hydrogen) atoms. The average molecular weight is 361 g/mol. The van der Waals surface area contributed by atoms with Gasteiger partial charge in [0.25, 0.3) is 0 Å². The molecule has 0 radical (unpaired) electrons. The van der Waals surface area contributed by atoms with Crippen molar-refractivity contribution >= 4 is 16.8 Å². The van der Waals surface area contributed by atoms with Crippen molar-refractivity contribution in [3.63, 3.8) is 0 Å². The Hall–Kier alpha value is -2.68. The molecule has 2 aliphatic heterocycles. The molecule has 2 aromatic carbocycles. The van der Waals surface area contributed by atoms with Crippen LogP contribution in [0.2, 0.25) is 0 Å². The highest BCUT2D eigenvalue weighted by Crippen LogP contribution is 2.47. The summed E-state index contributed by atoms with van der Waals surface area (Å²) in [5.41, 5.74) is 8.27. The number of fused-ring (bicyclic) bond motifs is 3. The van der Waals surface area contributed by atoms with Gasteiger partial charge in [-0.05, 0) is 60.1 Å². The van der Waals surface area contributed by atoms with Crippen molar-refractivity contribution in [2.45, 2.75) is 39.0 Å². The van der Waals surface area contributed by atoms with Crippen LogP contribution in [0.4, 0.5) is 5.69 Å². The van der Waals surface area contributed by atoms with Crippen LogP contribution in [-0.2, 0) is 12.8 Å². The van der Waals surface area contributed by atoms with Crippen LogP contribution in [0.15, 0.2) is 43.1 Å². The van der Waals surface area contributed by atoms with E-state index in [4.69, 9.17) is 9.47 Å². The van der Waals surface area contributed by atoms with Gasteiger partial charge in [-0.15, -0.1) is 0 Å². The van der Waals surface area contributed by atoms with E-state index in [0.29, 0.717) is 0 Å². The zero-order chi connectivity index (χ0) is 18.8. The molecule has 0 aromatic heterocycles. The van der Waals surface area contributed by atoms with Gasteiger partial charge in [0.1, 0.15) is 11.5 Å². The molecule has 0 fully saturated rings. The van der Waals surface area contributed by atoms with Gasteiger partial charge in [0.2, 0.25) is 0 Å². The Kier molecular flexibility index (Phi) is 4.93. The molecule has 0 saturated heterocycles. The van der Waals surface area contributed by atoms with Crippen LogP contribution < -0.4 is 14.8 Å². The molecule has 0 aliphatic carbocycles. The summed E-state index contributed by atoms with van der Waals surface area (Å²) in [6.07, 6.45) is 7.62. The van der Waals surface area contributed by atoms with E-state index in [1.807, 2.05) is 12.1 Å². The summed E-state index contributed by atoms with van der Waals surface area (Å²) in [5.74, 6) is 1.88. The molecule has 0 atom stereocenters.